The van der Waals surface area contributed by atoms with E-state index >= 15 is 0 Å². The van der Waals surface area contributed by atoms with E-state index in [-0.39, 0.29) is 18.2 Å². The molecular weight excluding hydrogens is 234 g/mol. The summed E-state index contributed by atoms with van der Waals surface area (Å²) >= 11 is 0. The second-order valence-electron chi connectivity index (χ2n) is 4.87. The lowest BCUT2D eigenvalue weighted by Crippen LogP contribution is -2.42. The van der Waals surface area contributed by atoms with E-state index in [4.69, 9.17) is 4.74 Å². The van der Waals surface area contributed by atoms with Crippen molar-refractivity contribution in [1.29, 1.82) is 0 Å². The Morgan fingerprint density at radius 1 is 1.50 bits per heavy atom. The van der Waals surface area contributed by atoms with Crippen LogP contribution < -0.4 is 0 Å². The quantitative estimate of drug-likeness (QED) is 0.756. The second-order valence-corrected chi connectivity index (χ2v) is 4.87. The zero-order valence-corrected chi connectivity index (χ0v) is 10.5. The normalized spacial score (nSPS) is 28.2. The van der Waals surface area contributed by atoms with Crippen LogP contribution in [0.2, 0.25) is 0 Å². The number of aliphatic hydroxyl groups excluding tert-OH is 1. The standard InChI is InChI=1S/C13H19NO4/c1-2-3-4-5-11(16)12-10-8-9(15)6-7-14(10)13(17)18-12/h6-7,10-12,16H,2-5,8H2,1H3/t10-,11+,12-/m1/s1. The number of hydrogen-bond acceptors (Lipinski definition) is 4. The van der Waals surface area contributed by atoms with E-state index in [2.05, 4.69) is 6.92 Å². The summed E-state index contributed by atoms with van der Waals surface area (Å²) in [7, 11) is 0. The number of allylic oxidation sites excluding steroid dienone is 1. The molecule has 2 rings (SSSR count). The third-order valence-corrected chi connectivity index (χ3v) is 3.50. The van der Waals surface area contributed by atoms with Crippen LogP contribution in [-0.4, -0.2) is 40.1 Å². The molecule has 0 saturated carbocycles. The van der Waals surface area contributed by atoms with Gasteiger partial charge in [-0.2, -0.15) is 0 Å². The Hall–Kier alpha value is -1.36. The van der Waals surface area contributed by atoms with Crippen LogP contribution in [-0.2, 0) is 9.53 Å². The predicted molar refractivity (Wildman–Crippen MR) is 64.8 cm³/mol. The number of amides is 1. The van der Waals surface area contributed by atoms with Crippen LogP contribution in [0, 0.1) is 0 Å². The van der Waals surface area contributed by atoms with Crippen LogP contribution in [0.5, 0.6) is 0 Å². The smallest absolute Gasteiger partial charge is 0.414 e. The van der Waals surface area contributed by atoms with Crippen molar-refractivity contribution < 1.29 is 19.4 Å². The lowest BCUT2D eigenvalue weighted by molar-refractivity contribution is -0.116. The van der Waals surface area contributed by atoms with Crippen molar-refractivity contribution in [3.05, 3.63) is 12.3 Å². The average Bonchev–Trinajstić information content (AvgIpc) is 2.66. The number of ketones is 1. The Kier molecular flexibility index (Phi) is 4.01. The monoisotopic (exact) mass is 253 g/mol. The Bertz CT molecular complexity index is 366. The highest BCUT2D eigenvalue weighted by Gasteiger charge is 2.46. The molecule has 100 valence electrons. The Morgan fingerprint density at radius 2 is 2.28 bits per heavy atom. The molecule has 1 N–H and O–H groups in total. The highest BCUT2D eigenvalue weighted by molar-refractivity contribution is 5.92. The molecule has 0 bridgehead atoms. The summed E-state index contributed by atoms with van der Waals surface area (Å²) in [5.41, 5.74) is 0. The number of aliphatic hydroxyl groups is 1. The van der Waals surface area contributed by atoms with Crippen LogP contribution in [0.1, 0.15) is 39.0 Å². The maximum absolute atomic E-state index is 11.6. The summed E-state index contributed by atoms with van der Waals surface area (Å²) in [5, 5.41) is 10.1. The number of carbonyl (C=O) groups excluding carboxylic acids is 2. The number of cyclic esters (lactones) is 1. The van der Waals surface area contributed by atoms with Gasteiger partial charge in [-0.05, 0) is 12.5 Å². The first-order valence-electron chi connectivity index (χ1n) is 6.51. The van der Waals surface area contributed by atoms with Gasteiger partial charge in [-0.15, -0.1) is 0 Å². The fraction of sp³-hybridized carbons (Fsp3) is 0.692. The molecule has 2 heterocycles. The fourth-order valence-electron chi connectivity index (χ4n) is 2.48. The molecule has 0 aromatic rings. The van der Waals surface area contributed by atoms with Gasteiger partial charge in [0, 0.05) is 12.6 Å². The number of nitrogens with zero attached hydrogens (tertiary/aromatic N) is 1. The first-order valence-corrected chi connectivity index (χ1v) is 6.51. The zero-order valence-electron chi connectivity index (χ0n) is 10.5. The van der Waals surface area contributed by atoms with Crippen molar-refractivity contribution >= 4 is 11.9 Å². The molecular formula is C13H19NO4. The molecule has 1 fully saturated rings. The molecule has 2 aliphatic heterocycles. The number of ether oxygens (including phenoxy) is 1. The van der Waals surface area contributed by atoms with Crippen molar-refractivity contribution in [2.45, 2.75) is 57.3 Å². The van der Waals surface area contributed by atoms with Crippen LogP contribution in [0.3, 0.4) is 0 Å². The molecule has 0 aliphatic carbocycles. The second kappa shape index (κ2) is 5.52. The predicted octanol–water partition coefficient (Wildman–Crippen LogP) is 1.60. The van der Waals surface area contributed by atoms with Crippen LogP contribution in [0.25, 0.3) is 0 Å². The Balaban J connectivity index is 1.99. The number of fused-ring (bicyclic) bond motifs is 1. The van der Waals surface area contributed by atoms with Gasteiger partial charge in [0.1, 0.15) is 0 Å². The minimum atomic E-state index is -0.685. The van der Waals surface area contributed by atoms with Crippen molar-refractivity contribution in [2.75, 3.05) is 0 Å². The molecule has 5 nitrogen and oxygen atoms in total. The van der Waals surface area contributed by atoms with Gasteiger partial charge in [0.2, 0.25) is 0 Å². The van der Waals surface area contributed by atoms with Crippen molar-refractivity contribution in [3.8, 4) is 0 Å². The summed E-state index contributed by atoms with van der Waals surface area (Å²) in [6.07, 6.45) is 4.97. The summed E-state index contributed by atoms with van der Waals surface area (Å²) in [5.74, 6) is -0.0275. The summed E-state index contributed by atoms with van der Waals surface area (Å²) in [4.78, 5) is 24.4. The summed E-state index contributed by atoms with van der Waals surface area (Å²) < 4.78 is 5.18. The third kappa shape index (κ3) is 2.56. The maximum Gasteiger partial charge on any atom is 0.414 e. The molecule has 1 saturated heterocycles. The lowest BCUT2D eigenvalue weighted by atomic mass is 9.95. The fourth-order valence-corrected chi connectivity index (χ4v) is 2.48. The Morgan fingerprint density at radius 3 is 3.00 bits per heavy atom. The van der Waals surface area contributed by atoms with Gasteiger partial charge in [0.05, 0.1) is 12.1 Å². The van der Waals surface area contributed by atoms with E-state index in [0.29, 0.717) is 6.42 Å². The minimum Gasteiger partial charge on any atom is -0.441 e. The minimum absolute atomic E-state index is 0.0275. The third-order valence-electron chi connectivity index (χ3n) is 3.50. The molecule has 0 aromatic carbocycles. The van der Waals surface area contributed by atoms with E-state index < -0.39 is 18.3 Å². The lowest BCUT2D eigenvalue weighted by Gasteiger charge is -2.26. The topological polar surface area (TPSA) is 66.8 Å². The van der Waals surface area contributed by atoms with Gasteiger partial charge in [-0.3, -0.25) is 9.69 Å². The van der Waals surface area contributed by atoms with E-state index in [9.17, 15) is 14.7 Å². The first-order chi connectivity index (χ1) is 8.63. The molecule has 2 aliphatic rings. The van der Waals surface area contributed by atoms with Crippen LogP contribution in [0.15, 0.2) is 12.3 Å². The molecule has 0 spiro atoms. The number of carbonyl (C=O) groups is 2. The van der Waals surface area contributed by atoms with Gasteiger partial charge >= 0.3 is 6.09 Å². The van der Waals surface area contributed by atoms with Crippen LogP contribution in [0.4, 0.5) is 4.79 Å². The summed E-state index contributed by atoms with van der Waals surface area (Å²) in [6, 6.07) is -0.341. The molecule has 18 heavy (non-hydrogen) atoms. The number of rotatable bonds is 5. The SMILES string of the molecule is CCCCC[C@H](O)[C@@H]1OC(=O)N2C=CC(=O)C[C@H]12. The molecule has 1 amide bonds. The van der Waals surface area contributed by atoms with Gasteiger partial charge < -0.3 is 9.84 Å². The first kappa shape index (κ1) is 13.1. The molecule has 0 aromatic heterocycles. The molecule has 0 radical (unpaired) electrons. The largest absolute Gasteiger partial charge is 0.441 e. The van der Waals surface area contributed by atoms with E-state index in [1.54, 1.807) is 0 Å². The van der Waals surface area contributed by atoms with Gasteiger partial charge in [0.25, 0.3) is 0 Å². The number of hydrogen-bond donors (Lipinski definition) is 1. The van der Waals surface area contributed by atoms with E-state index in [1.807, 2.05) is 0 Å². The van der Waals surface area contributed by atoms with Gasteiger partial charge in [0.15, 0.2) is 11.9 Å². The Labute approximate surface area is 106 Å². The zero-order chi connectivity index (χ0) is 13.1. The summed E-state index contributed by atoms with van der Waals surface area (Å²) in [6.45, 7) is 2.09. The van der Waals surface area contributed by atoms with Crippen molar-refractivity contribution in [2.24, 2.45) is 0 Å². The van der Waals surface area contributed by atoms with E-state index in [0.717, 1.165) is 19.3 Å². The average molecular weight is 253 g/mol. The van der Waals surface area contributed by atoms with E-state index in [1.165, 1.54) is 17.2 Å². The molecule has 0 unspecified atom stereocenters. The van der Waals surface area contributed by atoms with Gasteiger partial charge in [-0.25, -0.2) is 4.79 Å². The van der Waals surface area contributed by atoms with Crippen molar-refractivity contribution in [1.82, 2.24) is 4.90 Å². The maximum atomic E-state index is 11.6. The van der Waals surface area contributed by atoms with Crippen LogP contribution >= 0.6 is 0 Å². The number of unbranched alkanes of at least 4 members (excludes halogenated alkanes) is 2. The van der Waals surface area contributed by atoms with Crippen molar-refractivity contribution in [3.63, 3.8) is 0 Å². The van der Waals surface area contributed by atoms with Gasteiger partial charge in [-0.1, -0.05) is 26.2 Å². The highest BCUT2D eigenvalue weighted by atomic mass is 16.6. The highest BCUT2D eigenvalue weighted by Crippen LogP contribution is 2.29. The molecule has 3 atom stereocenters. The molecule has 5 heteroatoms.